The van der Waals surface area contributed by atoms with E-state index in [2.05, 4.69) is 37.5 Å². The number of phenols is 1. The minimum absolute atomic E-state index is 0.0647. The molecule has 158 valence electrons. The second-order valence-corrected chi connectivity index (χ2v) is 8.49. The number of amides is 1. The highest BCUT2D eigenvalue weighted by atomic mass is 79.9. The van der Waals surface area contributed by atoms with E-state index >= 15 is 0 Å². The molecule has 0 atom stereocenters. The highest BCUT2D eigenvalue weighted by Gasteiger charge is 2.20. The Kier molecular flexibility index (Phi) is 6.54. The fourth-order valence-electron chi connectivity index (χ4n) is 3.04. The van der Waals surface area contributed by atoms with Gasteiger partial charge in [-0.05, 0) is 42.5 Å². The summed E-state index contributed by atoms with van der Waals surface area (Å²) in [6, 6.07) is 23.4. The molecule has 0 saturated carbocycles. The summed E-state index contributed by atoms with van der Waals surface area (Å²) in [6.45, 7) is 0. The summed E-state index contributed by atoms with van der Waals surface area (Å²) < 4.78 is 2.58. The SMILES string of the molecule is N#Cc1ccccc1NC(=O)CSc1nnc(-c2cc(Br)ccc2O)n1-c1ccccc1. The van der Waals surface area contributed by atoms with Gasteiger partial charge in [-0.1, -0.05) is 58.0 Å². The molecule has 4 rings (SSSR count). The molecule has 0 aliphatic carbocycles. The summed E-state index contributed by atoms with van der Waals surface area (Å²) in [5.74, 6) is 0.315. The molecule has 0 spiro atoms. The summed E-state index contributed by atoms with van der Waals surface area (Å²) in [4.78, 5) is 12.5. The highest BCUT2D eigenvalue weighted by molar-refractivity contribution is 9.10. The van der Waals surface area contributed by atoms with Crippen LogP contribution in [0.2, 0.25) is 0 Å². The average molecular weight is 506 g/mol. The topological polar surface area (TPSA) is 104 Å². The van der Waals surface area contributed by atoms with E-state index in [0.29, 0.717) is 27.8 Å². The van der Waals surface area contributed by atoms with E-state index in [-0.39, 0.29) is 17.4 Å². The van der Waals surface area contributed by atoms with Crippen molar-refractivity contribution in [1.82, 2.24) is 14.8 Å². The van der Waals surface area contributed by atoms with Gasteiger partial charge in [0.05, 0.1) is 22.6 Å². The lowest BCUT2D eigenvalue weighted by molar-refractivity contribution is -0.113. The zero-order valence-electron chi connectivity index (χ0n) is 16.6. The van der Waals surface area contributed by atoms with E-state index in [9.17, 15) is 15.2 Å². The van der Waals surface area contributed by atoms with E-state index < -0.39 is 0 Å². The molecule has 1 amide bonds. The molecule has 0 saturated heterocycles. The standard InChI is InChI=1S/C23H16BrN5O2S/c24-16-10-11-20(30)18(12-16)22-27-28-23(29(22)17-7-2-1-3-8-17)32-14-21(31)26-19-9-5-4-6-15(19)13-25/h1-12,30H,14H2,(H,26,31). The van der Waals surface area contributed by atoms with E-state index in [0.717, 1.165) is 10.2 Å². The molecule has 1 heterocycles. The second-order valence-electron chi connectivity index (χ2n) is 6.63. The molecule has 3 aromatic carbocycles. The average Bonchev–Trinajstić information content (AvgIpc) is 3.24. The zero-order valence-corrected chi connectivity index (χ0v) is 19.0. The van der Waals surface area contributed by atoms with Gasteiger partial charge < -0.3 is 10.4 Å². The normalized spacial score (nSPS) is 10.5. The number of thioether (sulfide) groups is 1. The predicted molar refractivity (Wildman–Crippen MR) is 127 cm³/mol. The van der Waals surface area contributed by atoms with Crippen molar-refractivity contribution in [2.24, 2.45) is 0 Å². The molecule has 0 aliphatic rings. The monoisotopic (exact) mass is 505 g/mol. The third-order valence-corrected chi connectivity index (χ3v) is 5.92. The fraction of sp³-hybridized carbons (Fsp3) is 0.0435. The molecule has 0 bridgehead atoms. The molecular weight excluding hydrogens is 490 g/mol. The van der Waals surface area contributed by atoms with Crippen molar-refractivity contribution in [3.8, 4) is 28.9 Å². The van der Waals surface area contributed by atoms with Crippen molar-refractivity contribution in [1.29, 1.82) is 5.26 Å². The van der Waals surface area contributed by atoms with Gasteiger partial charge in [0.1, 0.15) is 11.8 Å². The van der Waals surface area contributed by atoms with Crippen LogP contribution in [-0.2, 0) is 4.79 Å². The summed E-state index contributed by atoms with van der Waals surface area (Å²) >= 11 is 4.63. The maximum atomic E-state index is 12.5. The molecule has 0 radical (unpaired) electrons. The molecule has 4 aromatic rings. The second kappa shape index (κ2) is 9.68. The van der Waals surface area contributed by atoms with Crippen molar-refractivity contribution in [2.45, 2.75) is 5.16 Å². The maximum Gasteiger partial charge on any atom is 0.234 e. The number of nitriles is 1. The van der Waals surface area contributed by atoms with Crippen LogP contribution < -0.4 is 5.32 Å². The van der Waals surface area contributed by atoms with Crippen molar-refractivity contribution >= 4 is 39.3 Å². The van der Waals surface area contributed by atoms with E-state index in [1.165, 1.54) is 11.8 Å². The van der Waals surface area contributed by atoms with Crippen LogP contribution in [0.1, 0.15) is 5.56 Å². The molecule has 32 heavy (non-hydrogen) atoms. The summed E-state index contributed by atoms with van der Waals surface area (Å²) in [7, 11) is 0. The number of rotatable bonds is 6. The Morgan fingerprint density at radius 2 is 1.84 bits per heavy atom. The quantitative estimate of drug-likeness (QED) is 0.357. The van der Waals surface area contributed by atoms with Crippen LogP contribution in [0, 0.1) is 11.3 Å². The van der Waals surface area contributed by atoms with Crippen LogP contribution in [0.15, 0.2) is 82.4 Å². The van der Waals surface area contributed by atoms with Gasteiger partial charge in [0.15, 0.2) is 11.0 Å². The first-order valence-corrected chi connectivity index (χ1v) is 11.3. The zero-order chi connectivity index (χ0) is 22.5. The Morgan fingerprint density at radius 3 is 2.62 bits per heavy atom. The highest BCUT2D eigenvalue weighted by Crippen LogP contribution is 2.34. The summed E-state index contributed by atoms with van der Waals surface area (Å²) in [5.41, 5.74) is 2.16. The van der Waals surface area contributed by atoms with Crippen molar-refractivity contribution < 1.29 is 9.90 Å². The van der Waals surface area contributed by atoms with E-state index in [1.54, 1.807) is 47.0 Å². The maximum absolute atomic E-state index is 12.5. The first-order valence-electron chi connectivity index (χ1n) is 9.48. The number of hydrogen-bond acceptors (Lipinski definition) is 6. The van der Waals surface area contributed by atoms with E-state index in [1.807, 2.05) is 30.3 Å². The lowest BCUT2D eigenvalue weighted by Gasteiger charge is -2.11. The number of para-hydroxylation sites is 2. The summed E-state index contributed by atoms with van der Waals surface area (Å²) in [6.07, 6.45) is 0. The lowest BCUT2D eigenvalue weighted by Crippen LogP contribution is -2.15. The van der Waals surface area contributed by atoms with Crippen LogP contribution in [0.25, 0.3) is 17.1 Å². The Bertz CT molecular complexity index is 1320. The molecule has 0 aliphatic heterocycles. The van der Waals surface area contributed by atoms with Crippen LogP contribution in [-0.4, -0.2) is 31.5 Å². The van der Waals surface area contributed by atoms with Gasteiger partial charge in [0, 0.05) is 10.2 Å². The number of benzene rings is 3. The van der Waals surface area contributed by atoms with Crippen LogP contribution in [0.5, 0.6) is 5.75 Å². The first kappa shape index (κ1) is 21.6. The largest absolute Gasteiger partial charge is 0.507 e. The van der Waals surface area contributed by atoms with Gasteiger partial charge in [-0.25, -0.2) is 0 Å². The number of aromatic nitrogens is 3. The Hall–Kier alpha value is -3.61. The van der Waals surface area contributed by atoms with Gasteiger partial charge in [-0.3, -0.25) is 9.36 Å². The molecule has 2 N–H and O–H groups in total. The van der Waals surface area contributed by atoms with Gasteiger partial charge in [0.25, 0.3) is 0 Å². The third kappa shape index (κ3) is 4.66. The predicted octanol–water partition coefficient (Wildman–Crippen LogP) is 5.00. The number of carbonyl (C=O) groups excluding carboxylic acids is 1. The molecular formula is C23H16BrN5O2S. The number of halogens is 1. The molecule has 7 nitrogen and oxygen atoms in total. The lowest BCUT2D eigenvalue weighted by atomic mass is 10.2. The smallest absolute Gasteiger partial charge is 0.234 e. The first-order chi connectivity index (χ1) is 15.6. The van der Waals surface area contributed by atoms with Gasteiger partial charge in [0.2, 0.25) is 5.91 Å². The van der Waals surface area contributed by atoms with Crippen LogP contribution in [0.3, 0.4) is 0 Å². The number of aromatic hydroxyl groups is 1. The summed E-state index contributed by atoms with van der Waals surface area (Å²) in [5, 5.41) is 31.4. The molecule has 0 fully saturated rings. The molecule has 9 heteroatoms. The molecule has 0 unspecified atom stereocenters. The van der Waals surface area contributed by atoms with Gasteiger partial charge in [-0.2, -0.15) is 5.26 Å². The minimum Gasteiger partial charge on any atom is -0.507 e. The fourth-order valence-corrected chi connectivity index (χ4v) is 4.15. The van der Waals surface area contributed by atoms with Crippen LogP contribution >= 0.6 is 27.7 Å². The van der Waals surface area contributed by atoms with Gasteiger partial charge in [-0.15, -0.1) is 10.2 Å². The van der Waals surface area contributed by atoms with Gasteiger partial charge >= 0.3 is 0 Å². The minimum atomic E-state index is -0.271. The molecule has 1 aromatic heterocycles. The number of phenolic OH excluding ortho intramolecular Hbond substituents is 1. The Labute approximate surface area is 196 Å². The number of nitrogens with zero attached hydrogens (tertiary/aromatic N) is 4. The van der Waals surface area contributed by atoms with Crippen molar-refractivity contribution in [2.75, 3.05) is 11.1 Å². The van der Waals surface area contributed by atoms with Crippen molar-refractivity contribution in [3.05, 3.63) is 82.8 Å². The third-order valence-electron chi connectivity index (χ3n) is 4.50. The Balaban J connectivity index is 1.63. The van der Waals surface area contributed by atoms with Crippen molar-refractivity contribution in [3.63, 3.8) is 0 Å². The van der Waals surface area contributed by atoms with E-state index in [4.69, 9.17) is 0 Å². The van der Waals surface area contributed by atoms with Crippen LogP contribution in [0.4, 0.5) is 5.69 Å². The Morgan fingerprint density at radius 1 is 1.09 bits per heavy atom. The number of hydrogen-bond donors (Lipinski definition) is 2. The number of nitrogens with one attached hydrogen (secondary N) is 1. The number of anilines is 1. The number of carbonyl (C=O) groups is 1.